The number of allylic oxidation sites excluding steroid dienone is 1. The number of hydrogen-bond donors (Lipinski definition) is 2. The van der Waals surface area contributed by atoms with Crippen molar-refractivity contribution in [3.63, 3.8) is 0 Å². The number of rotatable bonds is 4. The van der Waals surface area contributed by atoms with Crippen molar-refractivity contribution in [2.24, 2.45) is 4.99 Å². The molecule has 1 atom stereocenters. The zero-order valence-electron chi connectivity index (χ0n) is 12.6. The maximum Gasteiger partial charge on any atom is 0.335 e. The Hall–Kier alpha value is -2.67. The van der Waals surface area contributed by atoms with Crippen molar-refractivity contribution in [3.8, 4) is 5.75 Å². The van der Waals surface area contributed by atoms with Crippen molar-refractivity contribution in [2.45, 2.75) is 13.0 Å². The molecular weight excluding hydrogens is 314 g/mol. The molecule has 0 fully saturated rings. The number of amidine groups is 1. The van der Waals surface area contributed by atoms with Crippen LogP contribution in [-0.2, 0) is 4.79 Å². The molecule has 0 aliphatic carbocycles. The molecule has 1 unspecified atom stereocenters. The van der Waals surface area contributed by atoms with Gasteiger partial charge in [0.05, 0.1) is 18.2 Å². The Morgan fingerprint density at radius 2 is 2.09 bits per heavy atom. The molecule has 1 aromatic heterocycles. The second kappa shape index (κ2) is 6.21. The summed E-state index contributed by atoms with van der Waals surface area (Å²) in [5, 5.41) is 14.5. The van der Waals surface area contributed by atoms with Crippen LogP contribution in [0.5, 0.6) is 5.75 Å². The van der Waals surface area contributed by atoms with Crippen LogP contribution in [0.3, 0.4) is 0 Å². The SMILES string of the molecule is COc1ccc(C2N=C(c3cscn3)NC(C)=C2C(=O)O)cc1. The van der Waals surface area contributed by atoms with E-state index >= 15 is 0 Å². The number of aromatic nitrogens is 1. The third-order valence-electron chi connectivity index (χ3n) is 3.58. The van der Waals surface area contributed by atoms with Gasteiger partial charge in [0.25, 0.3) is 0 Å². The molecule has 1 aliphatic rings. The highest BCUT2D eigenvalue weighted by molar-refractivity contribution is 7.07. The van der Waals surface area contributed by atoms with Crippen LogP contribution in [0, 0.1) is 0 Å². The third kappa shape index (κ3) is 2.95. The predicted molar refractivity (Wildman–Crippen MR) is 87.9 cm³/mol. The first kappa shape index (κ1) is 15.2. The maximum atomic E-state index is 11.7. The topological polar surface area (TPSA) is 83.8 Å². The van der Waals surface area contributed by atoms with Gasteiger partial charge < -0.3 is 15.2 Å². The molecule has 0 amide bonds. The van der Waals surface area contributed by atoms with Crippen molar-refractivity contribution in [2.75, 3.05) is 7.11 Å². The smallest absolute Gasteiger partial charge is 0.335 e. The monoisotopic (exact) mass is 329 g/mol. The minimum atomic E-state index is -0.989. The number of aliphatic imine (C=N–C) groups is 1. The van der Waals surface area contributed by atoms with E-state index in [1.807, 2.05) is 17.5 Å². The number of aliphatic carboxylic acids is 1. The summed E-state index contributed by atoms with van der Waals surface area (Å²) >= 11 is 1.46. The minimum absolute atomic E-state index is 0.231. The van der Waals surface area contributed by atoms with Gasteiger partial charge in [0.2, 0.25) is 0 Å². The van der Waals surface area contributed by atoms with Gasteiger partial charge in [0.1, 0.15) is 17.5 Å². The Kier molecular flexibility index (Phi) is 4.12. The van der Waals surface area contributed by atoms with Gasteiger partial charge in [0.15, 0.2) is 5.84 Å². The van der Waals surface area contributed by atoms with E-state index in [2.05, 4.69) is 15.3 Å². The van der Waals surface area contributed by atoms with E-state index in [9.17, 15) is 9.90 Å². The molecule has 0 bridgehead atoms. The van der Waals surface area contributed by atoms with Gasteiger partial charge in [-0.3, -0.25) is 4.99 Å². The second-order valence-corrected chi connectivity index (χ2v) is 5.71. The lowest BCUT2D eigenvalue weighted by Crippen LogP contribution is -2.32. The molecule has 6 nitrogen and oxygen atoms in total. The van der Waals surface area contributed by atoms with E-state index in [1.165, 1.54) is 11.3 Å². The Morgan fingerprint density at radius 3 is 2.65 bits per heavy atom. The first-order valence-electron chi connectivity index (χ1n) is 6.91. The molecule has 7 heteroatoms. The fourth-order valence-electron chi connectivity index (χ4n) is 2.44. The van der Waals surface area contributed by atoms with Crippen LogP contribution in [0.25, 0.3) is 0 Å². The fourth-order valence-corrected chi connectivity index (χ4v) is 2.98. The number of hydrogen-bond acceptors (Lipinski definition) is 6. The summed E-state index contributed by atoms with van der Waals surface area (Å²) < 4.78 is 5.15. The third-order valence-corrected chi connectivity index (χ3v) is 4.16. The van der Waals surface area contributed by atoms with Crippen LogP contribution >= 0.6 is 11.3 Å². The summed E-state index contributed by atoms with van der Waals surface area (Å²) in [7, 11) is 1.59. The molecule has 0 spiro atoms. The zero-order valence-corrected chi connectivity index (χ0v) is 13.4. The van der Waals surface area contributed by atoms with Crippen molar-refractivity contribution in [3.05, 3.63) is 57.7 Å². The van der Waals surface area contributed by atoms with Gasteiger partial charge in [-0.05, 0) is 24.6 Å². The van der Waals surface area contributed by atoms with Gasteiger partial charge in [-0.25, -0.2) is 9.78 Å². The molecular formula is C16H15N3O3S. The van der Waals surface area contributed by atoms with Gasteiger partial charge in [-0.15, -0.1) is 11.3 Å². The van der Waals surface area contributed by atoms with Crippen molar-refractivity contribution < 1.29 is 14.6 Å². The quantitative estimate of drug-likeness (QED) is 0.901. The molecule has 0 saturated carbocycles. The molecule has 0 saturated heterocycles. The predicted octanol–water partition coefficient (Wildman–Crippen LogP) is 2.60. The number of benzene rings is 1. The number of carboxylic acid groups (broad SMARTS) is 1. The van der Waals surface area contributed by atoms with Crippen LogP contribution in [0.2, 0.25) is 0 Å². The molecule has 2 heterocycles. The van der Waals surface area contributed by atoms with E-state index in [-0.39, 0.29) is 5.57 Å². The van der Waals surface area contributed by atoms with Gasteiger partial charge >= 0.3 is 5.97 Å². The summed E-state index contributed by atoms with van der Waals surface area (Å²) in [5.41, 5.74) is 4.01. The summed E-state index contributed by atoms with van der Waals surface area (Å²) in [6.07, 6.45) is 0. The Labute approximate surface area is 137 Å². The molecule has 1 aromatic carbocycles. The average molecular weight is 329 g/mol. The van der Waals surface area contributed by atoms with Gasteiger partial charge in [-0.2, -0.15) is 0 Å². The number of thiazole rings is 1. The standard InChI is InChI=1S/C16H15N3O3S/c1-9-13(16(20)21)14(10-3-5-11(22-2)6-4-10)19-15(18-9)12-7-23-8-17-12/h3-8,14H,1-2H3,(H,18,19)(H,20,21). The average Bonchev–Trinajstić information content (AvgIpc) is 3.08. The number of nitrogens with one attached hydrogen (secondary N) is 1. The Bertz CT molecular complexity index is 779. The van der Waals surface area contributed by atoms with Crippen molar-refractivity contribution >= 4 is 23.1 Å². The summed E-state index contributed by atoms with van der Waals surface area (Å²) in [6.45, 7) is 1.74. The van der Waals surface area contributed by atoms with E-state index in [1.54, 1.807) is 31.7 Å². The van der Waals surface area contributed by atoms with Gasteiger partial charge in [0, 0.05) is 11.1 Å². The molecule has 23 heavy (non-hydrogen) atoms. The fraction of sp³-hybridized carbons (Fsp3) is 0.188. The highest BCUT2D eigenvalue weighted by atomic mass is 32.1. The highest BCUT2D eigenvalue weighted by Crippen LogP contribution is 2.32. The largest absolute Gasteiger partial charge is 0.497 e. The lowest BCUT2D eigenvalue weighted by molar-refractivity contribution is -0.133. The zero-order chi connectivity index (χ0) is 16.4. The number of ether oxygens (including phenoxy) is 1. The number of carbonyl (C=O) groups is 1. The molecule has 118 valence electrons. The van der Waals surface area contributed by atoms with Crippen LogP contribution in [-0.4, -0.2) is 29.0 Å². The second-order valence-electron chi connectivity index (χ2n) is 5.00. The summed E-state index contributed by atoms with van der Waals surface area (Å²) in [4.78, 5) is 20.5. The van der Waals surface area contributed by atoms with Crippen LogP contribution in [0.15, 0.2) is 51.4 Å². The number of nitrogens with zero attached hydrogens (tertiary/aromatic N) is 2. The molecule has 2 N–H and O–H groups in total. The maximum absolute atomic E-state index is 11.7. The van der Waals surface area contributed by atoms with E-state index in [0.717, 1.165) is 5.56 Å². The summed E-state index contributed by atoms with van der Waals surface area (Å²) in [6, 6.07) is 6.66. The molecule has 1 aliphatic heterocycles. The Balaban J connectivity index is 2.06. The number of methoxy groups -OCH3 is 1. The normalized spacial score (nSPS) is 17.5. The van der Waals surface area contributed by atoms with Crippen LogP contribution in [0.4, 0.5) is 0 Å². The van der Waals surface area contributed by atoms with E-state index < -0.39 is 12.0 Å². The minimum Gasteiger partial charge on any atom is -0.497 e. The van der Waals surface area contributed by atoms with Crippen molar-refractivity contribution in [1.29, 1.82) is 0 Å². The molecule has 2 aromatic rings. The number of carboxylic acids is 1. The first-order valence-corrected chi connectivity index (χ1v) is 7.86. The van der Waals surface area contributed by atoms with E-state index in [0.29, 0.717) is 23.0 Å². The lowest BCUT2D eigenvalue weighted by atomic mass is 9.96. The van der Waals surface area contributed by atoms with Crippen LogP contribution < -0.4 is 10.1 Å². The van der Waals surface area contributed by atoms with E-state index in [4.69, 9.17) is 4.74 Å². The molecule has 3 rings (SSSR count). The van der Waals surface area contributed by atoms with Gasteiger partial charge in [-0.1, -0.05) is 12.1 Å². The lowest BCUT2D eigenvalue weighted by Gasteiger charge is -2.24. The highest BCUT2D eigenvalue weighted by Gasteiger charge is 2.29. The Morgan fingerprint density at radius 1 is 1.35 bits per heavy atom. The first-order chi connectivity index (χ1) is 11.1. The summed E-state index contributed by atoms with van der Waals surface area (Å²) in [5.74, 6) is 0.301. The van der Waals surface area contributed by atoms with Crippen molar-refractivity contribution in [1.82, 2.24) is 10.3 Å². The molecule has 0 radical (unpaired) electrons. The van der Waals surface area contributed by atoms with Crippen LogP contribution in [0.1, 0.15) is 24.2 Å².